The summed E-state index contributed by atoms with van der Waals surface area (Å²) in [6.07, 6.45) is 3.61. The van der Waals surface area contributed by atoms with Gasteiger partial charge in [-0.1, -0.05) is 23.7 Å². The van der Waals surface area contributed by atoms with Gasteiger partial charge in [0, 0.05) is 16.7 Å². The molecule has 2 N–H and O–H groups in total. The van der Waals surface area contributed by atoms with E-state index < -0.39 is 5.91 Å². The van der Waals surface area contributed by atoms with Gasteiger partial charge in [0.25, 0.3) is 5.91 Å². The lowest BCUT2D eigenvalue weighted by Gasteiger charge is -1.99. The van der Waals surface area contributed by atoms with Crippen molar-refractivity contribution < 1.29 is 14.1 Å². The first-order chi connectivity index (χ1) is 8.15. The van der Waals surface area contributed by atoms with Crippen LogP contribution >= 0.6 is 11.6 Å². The molecule has 2 rings (SSSR count). The number of nitrogens with two attached hydrogens (primary N) is 1. The molecule has 0 aliphatic carbocycles. The molecule has 0 aliphatic rings. The van der Waals surface area contributed by atoms with Crippen LogP contribution in [0.1, 0.15) is 15.9 Å². The molecule has 0 radical (unpaired) electrons. The van der Waals surface area contributed by atoms with E-state index >= 15 is 0 Å². The summed E-state index contributed by atoms with van der Waals surface area (Å²) >= 11 is 5.91. The highest BCUT2D eigenvalue weighted by Crippen LogP contribution is 2.10. The zero-order chi connectivity index (χ0) is 12.3. The molecule has 0 aliphatic heterocycles. The molecule has 0 bridgehead atoms. The van der Waals surface area contributed by atoms with Crippen LogP contribution in [0.25, 0.3) is 0 Å². The van der Waals surface area contributed by atoms with E-state index in [1.54, 1.807) is 18.3 Å². The number of amides is 1. The molecule has 0 unspecified atom stereocenters. The Kier molecular flexibility index (Phi) is 4.80. The van der Waals surface area contributed by atoms with Crippen molar-refractivity contribution in [1.29, 1.82) is 0 Å². The first-order valence-electron chi connectivity index (χ1n) is 5.18. The van der Waals surface area contributed by atoms with Crippen molar-refractivity contribution >= 4 is 17.5 Å². The van der Waals surface area contributed by atoms with Crippen molar-refractivity contribution in [3.8, 4) is 0 Å². The van der Waals surface area contributed by atoms with Crippen LogP contribution in [0, 0.1) is 0 Å². The predicted molar refractivity (Wildman–Crippen MR) is 65.7 cm³/mol. The topological polar surface area (TPSA) is 47.0 Å². The second-order valence-corrected chi connectivity index (χ2v) is 4.20. The molecule has 0 saturated carbocycles. The molecule has 0 spiro atoms. The maximum Gasteiger partial charge on any atom is 0.254 e. The SMILES string of the molecule is NC(=O)c1ccc[n+](Cc2cccc(Cl)c2)c1.[F-]. The summed E-state index contributed by atoms with van der Waals surface area (Å²) in [5, 5.41) is 0.703. The number of pyridine rings is 1. The van der Waals surface area contributed by atoms with Gasteiger partial charge in [-0.3, -0.25) is 4.79 Å². The van der Waals surface area contributed by atoms with Crippen LogP contribution in [0.2, 0.25) is 5.02 Å². The second-order valence-electron chi connectivity index (χ2n) is 3.76. The lowest BCUT2D eigenvalue weighted by atomic mass is 10.2. The van der Waals surface area contributed by atoms with Crippen LogP contribution in [0.3, 0.4) is 0 Å². The average Bonchev–Trinajstić information content (AvgIpc) is 2.29. The Labute approximate surface area is 109 Å². The van der Waals surface area contributed by atoms with Crippen LogP contribution in [-0.4, -0.2) is 5.91 Å². The van der Waals surface area contributed by atoms with Gasteiger partial charge in [-0.05, 0) is 18.2 Å². The Balaban J connectivity index is 0.00000162. The number of benzene rings is 1. The monoisotopic (exact) mass is 266 g/mol. The van der Waals surface area contributed by atoms with Crippen LogP contribution in [0.4, 0.5) is 0 Å². The van der Waals surface area contributed by atoms with E-state index in [2.05, 4.69) is 0 Å². The van der Waals surface area contributed by atoms with E-state index in [1.165, 1.54) is 0 Å². The Morgan fingerprint density at radius 3 is 2.72 bits per heavy atom. The number of carbonyl (C=O) groups excluding carboxylic acids is 1. The second kappa shape index (κ2) is 6.12. The highest BCUT2D eigenvalue weighted by Gasteiger charge is 2.07. The maximum absolute atomic E-state index is 11.0. The summed E-state index contributed by atoms with van der Waals surface area (Å²) in [6.45, 7) is 0.654. The van der Waals surface area contributed by atoms with Crippen molar-refractivity contribution in [2.45, 2.75) is 6.54 Å². The highest BCUT2D eigenvalue weighted by molar-refractivity contribution is 6.30. The fraction of sp³-hybridized carbons (Fsp3) is 0.0769. The normalized spacial score (nSPS) is 9.61. The maximum atomic E-state index is 11.0. The van der Waals surface area contributed by atoms with Crippen molar-refractivity contribution in [3.63, 3.8) is 0 Å². The Morgan fingerprint density at radius 1 is 1.28 bits per heavy atom. The van der Waals surface area contributed by atoms with Gasteiger partial charge < -0.3 is 10.4 Å². The molecular formula is C13H12ClFN2O. The summed E-state index contributed by atoms with van der Waals surface area (Å²) in [5.74, 6) is -0.426. The first kappa shape index (κ1) is 14.1. The van der Waals surface area contributed by atoms with Gasteiger partial charge in [0.05, 0.1) is 0 Å². The summed E-state index contributed by atoms with van der Waals surface area (Å²) in [5.41, 5.74) is 6.79. The summed E-state index contributed by atoms with van der Waals surface area (Å²) in [6, 6.07) is 11.1. The number of hydrogen-bond acceptors (Lipinski definition) is 1. The molecule has 1 aromatic carbocycles. The molecule has 2 aromatic rings. The summed E-state index contributed by atoms with van der Waals surface area (Å²) in [4.78, 5) is 11.0. The van der Waals surface area contributed by atoms with E-state index in [0.29, 0.717) is 17.1 Å². The molecule has 5 heteroatoms. The lowest BCUT2D eigenvalue weighted by molar-refractivity contribution is -0.688. The van der Waals surface area contributed by atoms with Crippen LogP contribution in [0.15, 0.2) is 48.8 Å². The van der Waals surface area contributed by atoms with E-state index in [-0.39, 0.29) is 4.70 Å². The molecule has 1 amide bonds. The lowest BCUT2D eigenvalue weighted by Crippen LogP contribution is -3.00. The van der Waals surface area contributed by atoms with Crippen molar-refractivity contribution in [1.82, 2.24) is 0 Å². The van der Waals surface area contributed by atoms with Crippen molar-refractivity contribution in [2.24, 2.45) is 5.73 Å². The van der Waals surface area contributed by atoms with E-state index in [4.69, 9.17) is 17.3 Å². The van der Waals surface area contributed by atoms with Crippen LogP contribution in [0.5, 0.6) is 0 Å². The third kappa shape index (κ3) is 3.53. The molecule has 18 heavy (non-hydrogen) atoms. The van der Waals surface area contributed by atoms with Crippen LogP contribution in [-0.2, 0) is 6.54 Å². The fourth-order valence-corrected chi connectivity index (χ4v) is 1.83. The van der Waals surface area contributed by atoms with Gasteiger partial charge in [0.15, 0.2) is 18.9 Å². The molecule has 1 heterocycles. The Bertz CT molecular complexity index is 560. The van der Waals surface area contributed by atoms with E-state index in [1.807, 2.05) is 35.0 Å². The smallest absolute Gasteiger partial charge is 0.254 e. The fourth-order valence-electron chi connectivity index (χ4n) is 1.61. The summed E-state index contributed by atoms with van der Waals surface area (Å²) < 4.78 is 1.89. The molecule has 0 atom stereocenters. The minimum absolute atomic E-state index is 0. The van der Waals surface area contributed by atoms with Gasteiger partial charge in [0.2, 0.25) is 0 Å². The average molecular weight is 267 g/mol. The third-order valence-corrected chi connectivity index (χ3v) is 2.63. The molecule has 1 aromatic heterocycles. The number of nitrogens with zero attached hydrogens (tertiary/aromatic N) is 1. The van der Waals surface area contributed by atoms with Crippen LogP contribution < -0.4 is 15.0 Å². The van der Waals surface area contributed by atoms with Crippen molar-refractivity contribution in [2.75, 3.05) is 0 Å². The van der Waals surface area contributed by atoms with Gasteiger partial charge in [-0.2, -0.15) is 4.57 Å². The zero-order valence-corrected chi connectivity index (χ0v) is 10.3. The molecule has 0 fully saturated rings. The number of rotatable bonds is 3. The minimum Gasteiger partial charge on any atom is -1.00 e. The number of halogens is 2. The predicted octanol–water partition coefficient (Wildman–Crippen LogP) is -1.22. The summed E-state index contributed by atoms with van der Waals surface area (Å²) in [7, 11) is 0. The van der Waals surface area contributed by atoms with Gasteiger partial charge in [0.1, 0.15) is 5.56 Å². The Hall–Kier alpha value is -1.94. The number of aromatic nitrogens is 1. The number of carbonyl (C=O) groups is 1. The standard InChI is InChI=1S/C13H11ClN2O.FH/c14-12-5-1-3-10(7-12)8-16-6-2-4-11(9-16)13(15)17;/h1-7,9H,8H2,(H-,15,17);1H. The van der Waals surface area contributed by atoms with E-state index in [0.717, 1.165) is 5.56 Å². The van der Waals surface area contributed by atoms with Crippen molar-refractivity contribution in [3.05, 3.63) is 64.9 Å². The third-order valence-electron chi connectivity index (χ3n) is 2.40. The molecule has 0 saturated heterocycles. The first-order valence-corrected chi connectivity index (χ1v) is 5.56. The van der Waals surface area contributed by atoms with Gasteiger partial charge in [-0.25, -0.2) is 0 Å². The minimum atomic E-state index is -0.426. The number of hydrogen-bond donors (Lipinski definition) is 1. The van der Waals surface area contributed by atoms with E-state index in [9.17, 15) is 4.79 Å². The molecule has 94 valence electrons. The number of primary amides is 1. The largest absolute Gasteiger partial charge is 1.00 e. The molecule has 3 nitrogen and oxygen atoms in total. The highest BCUT2D eigenvalue weighted by atomic mass is 35.5. The molecular weight excluding hydrogens is 255 g/mol. The zero-order valence-electron chi connectivity index (χ0n) is 9.51. The Morgan fingerprint density at radius 2 is 2.06 bits per heavy atom. The van der Waals surface area contributed by atoms with Gasteiger partial charge >= 0.3 is 0 Å². The van der Waals surface area contributed by atoms with Gasteiger partial charge in [-0.15, -0.1) is 0 Å². The quantitative estimate of drug-likeness (QED) is 0.696.